The minimum Gasteiger partial charge on any atom is -0.369 e. The molecule has 0 bridgehead atoms. The molecule has 1 aliphatic carbocycles. The van der Waals surface area contributed by atoms with Crippen molar-refractivity contribution in [3.8, 4) is 0 Å². The summed E-state index contributed by atoms with van der Waals surface area (Å²) in [5, 5.41) is 0. The average molecular weight is 398 g/mol. The van der Waals surface area contributed by atoms with Gasteiger partial charge in [0.15, 0.2) is 0 Å². The molecule has 0 unspecified atom stereocenters. The highest BCUT2D eigenvalue weighted by molar-refractivity contribution is 7.92. The molecule has 2 aromatic rings. The van der Waals surface area contributed by atoms with E-state index in [-0.39, 0.29) is 0 Å². The lowest BCUT2D eigenvalue weighted by molar-refractivity contribution is 0.120. The standard InChI is InChI=1S/C22H27N3O2S/c26-28(27,19-8-2-1-3-9-19)25-13-12-20-21(10-5-11-22(20)25)24-16-14-23(15-17-24)18-6-4-7-18/h1-3,5,8-11,18H,4,6-7,12-17H2. The summed E-state index contributed by atoms with van der Waals surface area (Å²) < 4.78 is 27.9. The van der Waals surface area contributed by atoms with Crippen LogP contribution in [0.4, 0.5) is 11.4 Å². The van der Waals surface area contributed by atoms with E-state index in [0.29, 0.717) is 11.4 Å². The number of hydrogen-bond donors (Lipinski definition) is 0. The van der Waals surface area contributed by atoms with Gasteiger partial charge in [-0.1, -0.05) is 30.7 Å². The Balaban J connectivity index is 1.39. The van der Waals surface area contributed by atoms with Crippen molar-refractivity contribution in [1.82, 2.24) is 4.90 Å². The first kappa shape index (κ1) is 18.0. The average Bonchev–Trinajstić information content (AvgIpc) is 3.13. The minimum atomic E-state index is -3.51. The third-order valence-corrected chi connectivity index (χ3v) is 8.36. The molecule has 2 heterocycles. The molecular weight excluding hydrogens is 370 g/mol. The van der Waals surface area contributed by atoms with Crippen molar-refractivity contribution < 1.29 is 8.42 Å². The summed E-state index contributed by atoms with van der Waals surface area (Å²) >= 11 is 0. The smallest absolute Gasteiger partial charge is 0.264 e. The highest BCUT2D eigenvalue weighted by Crippen LogP contribution is 2.39. The van der Waals surface area contributed by atoms with Crippen molar-refractivity contribution >= 4 is 21.4 Å². The van der Waals surface area contributed by atoms with E-state index in [1.165, 1.54) is 30.5 Å². The molecule has 0 N–H and O–H groups in total. The fraction of sp³-hybridized carbons (Fsp3) is 0.455. The molecule has 0 amide bonds. The van der Waals surface area contributed by atoms with Crippen LogP contribution in [-0.2, 0) is 16.4 Å². The molecule has 2 aliphatic heterocycles. The molecule has 0 aromatic heterocycles. The highest BCUT2D eigenvalue weighted by atomic mass is 32.2. The van der Waals surface area contributed by atoms with E-state index in [4.69, 9.17) is 0 Å². The molecule has 0 atom stereocenters. The van der Waals surface area contributed by atoms with Crippen molar-refractivity contribution in [3.05, 3.63) is 54.1 Å². The SMILES string of the molecule is O=S(=O)(c1ccccc1)N1CCc2c(N3CCN(C4CCC4)CC3)cccc21. The number of nitrogens with zero attached hydrogens (tertiary/aromatic N) is 3. The third kappa shape index (κ3) is 2.99. The Morgan fingerprint density at radius 2 is 1.50 bits per heavy atom. The summed E-state index contributed by atoms with van der Waals surface area (Å²) in [5.41, 5.74) is 3.25. The van der Waals surface area contributed by atoms with Crippen LogP contribution < -0.4 is 9.21 Å². The maximum Gasteiger partial charge on any atom is 0.264 e. The van der Waals surface area contributed by atoms with E-state index in [9.17, 15) is 8.42 Å². The van der Waals surface area contributed by atoms with Crippen molar-refractivity contribution in [1.29, 1.82) is 0 Å². The lowest BCUT2D eigenvalue weighted by Crippen LogP contribution is -2.52. The summed E-state index contributed by atoms with van der Waals surface area (Å²) in [4.78, 5) is 5.45. The number of fused-ring (bicyclic) bond motifs is 1. The molecule has 0 radical (unpaired) electrons. The van der Waals surface area contributed by atoms with E-state index in [2.05, 4.69) is 15.9 Å². The quantitative estimate of drug-likeness (QED) is 0.795. The van der Waals surface area contributed by atoms with Crippen LogP contribution in [0.15, 0.2) is 53.4 Å². The largest absolute Gasteiger partial charge is 0.369 e. The molecule has 2 aromatic carbocycles. The summed E-state index contributed by atoms with van der Waals surface area (Å²) in [6.07, 6.45) is 4.86. The van der Waals surface area contributed by atoms with E-state index in [1.807, 2.05) is 18.2 Å². The van der Waals surface area contributed by atoms with Crippen molar-refractivity contribution in [2.45, 2.75) is 36.6 Å². The molecular formula is C22H27N3O2S. The molecule has 1 saturated carbocycles. The second kappa shape index (κ2) is 7.08. The first-order valence-electron chi connectivity index (χ1n) is 10.3. The van der Waals surface area contributed by atoms with Gasteiger partial charge in [0.25, 0.3) is 10.0 Å². The van der Waals surface area contributed by atoms with Crippen LogP contribution in [0.1, 0.15) is 24.8 Å². The maximum absolute atomic E-state index is 13.1. The van der Waals surface area contributed by atoms with E-state index in [0.717, 1.165) is 44.3 Å². The van der Waals surface area contributed by atoms with Gasteiger partial charge in [-0.15, -0.1) is 0 Å². The van der Waals surface area contributed by atoms with E-state index >= 15 is 0 Å². The van der Waals surface area contributed by atoms with Crippen LogP contribution in [0.5, 0.6) is 0 Å². The van der Waals surface area contributed by atoms with Crippen LogP contribution >= 0.6 is 0 Å². The summed E-state index contributed by atoms with van der Waals surface area (Å²) in [7, 11) is -3.51. The van der Waals surface area contributed by atoms with Gasteiger partial charge < -0.3 is 4.90 Å². The molecule has 0 spiro atoms. The number of sulfonamides is 1. The number of hydrogen-bond acceptors (Lipinski definition) is 4. The third-order valence-electron chi connectivity index (χ3n) is 6.54. The lowest BCUT2D eigenvalue weighted by Gasteiger charge is -2.44. The number of piperazine rings is 1. The monoisotopic (exact) mass is 397 g/mol. The van der Waals surface area contributed by atoms with Crippen molar-refractivity contribution in [3.63, 3.8) is 0 Å². The second-order valence-electron chi connectivity index (χ2n) is 8.02. The molecule has 6 heteroatoms. The maximum atomic E-state index is 13.1. The summed E-state index contributed by atoms with van der Waals surface area (Å²) in [5.74, 6) is 0. The van der Waals surface area contributed by atoms with Crippen molar-refractivity contribution in [2.75, 3.05) is 41.9 Å². The molecule has 1 saturated heterocycles. The molecule has 28 heavy (non-hydrogen) atoms. The Morgan fingerprint density at radius 3 is 2.18 bits per heavy atom. The van der Waals surface area contributed by atoms with Crippen LogP contribution in [0.25, 0.3) is 0 Å². The first-order chi connectivity index (χ1) is 13.6. The minimum absolute atomic E-state index is 0.363. The van der Waals surface area contributed by atoms with Gasteiger partial charge in [0.1, 0.15) is 0 Å². The summed E-state index contributed by atoms with van der Waals surface area (Å²) in [6.45, 7) is 4.79. The fourth-order valence-corrected chi connectivity index (χ4v) is 6.25. The first-order valence-corrected chi connectivity index (χ1v) is 11.8. The predicted octanol–water partition coefficient (Wildman–Crippen LogP) is 3.11. The Bertz CT molecular complexity index is 949. The predicted molar refractivity (Wildman–Crippen MR) is 113 cm³/mol. The molecule has 3 aliphatic rings. The number of anilines is 2. The molecule has 5 nitrogen and oxygen atoms in total. The van der Waals surface area contributed by atoms with Gasteiger partial charge in [-0.25, -0.2) is 8.42 Å². The zero-order chi connectivity index (χ0) is 19.1. The van der Waals surface area contributed by atoms with E-state index in [1.54, 1.807) is 28.6 Å². The second-order valence-corrected chi connectivity index (χ2v) is 9.89. The van der Waals surface area contributed by atoms with Gasteiger partial charge >= 0.3 is 0 Å². The topological polar surface area (TPSA) is 43.9 Å². The Morgan fingerprint density at radius 1 is 0.786 bits per heavy atom. The zero-order valence-corrected chi connectivity index (χ0v) is 16.9. The Hall–Kier alpha value is -2.05. The van der Waals surface area contributed by atoms with Gasteiger partial charge in [-0.3, -0.25) is 9.21 Å². The number of rotatable bonds is 4. The number of benzene rings is 2. The lowest BCUT2D eigenvalue weighted by atomic mass is 9.91. The van der Waals surface area contributed by atoms with Crippen LogP contribution in [0, 0.1) is 0 Å². The molecule has 5 rings (SSSR count). The normalized spacial score (nSPS) is 20.9. The summed E-state index contributed by atoms with van der Waals surface area (Å²) in [6, 6.07) is 15.7. The zero-order valence-electron chi connectivity index (χ0n) is 16.1. The highest BCUT2D eigenvalue weighted by Gasteiger charge is 2.34. The molecule has 148 valence electrons. The van der Waals surface area contributed by atoms with Gasteiger partial charge in [0, 0.05) is 50.0 Å². The van der Waals surface area contributed by atoms with Crippen LogP contribution in [-0.4, -0.2) is 52.1 Å². The van der Waals surface area contributed by atoms with Crippen LogP contribution in [0.2, 0.25) is 0 Å². The van der Waals surface area contributed by atoms with Crippen molar-refractivity contribution in [2.24, 2.45) is 0 Å². The van der Waals surface area contributed by atoms with E-state index < -0.39 is 10.0 Å². The fourth-order valence-electron chi connectivity index (χ4n) is 4.73. The Labute approximate surface area is 167 Å². The van der Waals surface area contributed by atoms with Crippen LogP contribution in [0.3, 0.4) is 0 Å². The van der Waals surface area contributed by atoms with Gasteiger partial charge in [-0.05, 0) is 43.5 Å². The Kier molecular flexibility index (Phi) is 4.56. The van der Waals surface area contributed by atoms with Gasteiger partial charge in [-0.2, -0.15) is 0 Å². The molecule has 2 fully saturated rings. The van der Waals surface area contributed by atoms with Gasteiger partial charge in [0.2, 0.25) is 0 Å². The van der Waals surface area contributed by atoms with Gasteiger partial charge in [0.05, 0.1) is 10.6 Å².